The van der Waals surface area contributed by atoms with Gasteiger partial charge in [0.1, 0.15) is 5.75 Å². The van der Waals surface area contributed by atoms with E-state index in [1.165, 1.54) is 5.56 Å². The number of carbonyl (C=O) groups excluding carboxylic acids is 1. The van der Waals surface area contributed by atoms with Gasteiger partial charge in [0.25, 0.3) is 0 Å². The highest BCUT2D eigenvalue weighted by Gasteiger charge is 2.03. The number of carbonyl (C=O) groups is 1. The molecule has 6 nitrogen and oxygen atoms in total. The molecule has 0 spiro atoms. The summed E-state index contributed by atoms with van der Waals surface area (Å²) < 4.78 is 7.02. The number of nitrogens with zero attached hydrogens (tertiary/aromatic N) is 2. The number of rotatable bonds is 9. The number of nitrogens with one attached hydrogen (secondary N) is 2. The largest absolute Gasteiger partial charge is 0.497 e. The van der Waals surface area contributed by atoms with E-state index >= 15 is 0 Å². The Bertz CT molecular complexity index is 844. The summed E-state index contributed by atoms with van der Waals surface area (Å²) in [5, 5.41) is 10.4. The molecule has 0 radical (unpaired) electrons. The molecule has 1 amide bonds. The van der Waals surface area contributed by atoms with E-state index in [4.69, 9.17) is 4.74 Å². The smallest absolute Gasteiger partial charge is 0.234 e. The first-order valence-electron chi connectivity index (χ1n) is 8.88. The van der Waals surface area contributed by atoms with Crippen LogP contribution in [0.15, 0.2) is 67.0 Å². The molecule has 1 aromatic heterocycles. The molecule has 0 saturated carbocycles. The molecule has 27 heavy (non-hydrogen) atoms. The quantitative estimate of drug-likeness (QED) is 0.612. The Hall–Kier alpha value is -3.12. The minimum absolute atomic E-state index is 0.0394. The maximum absolute atomic E-state index is 12.0. The SMILES string of the molecule is COc1ccc(CNC(=O)CNCc2cnn(Cc3ccccc3)c2)cc1. The second kappa shape index (κ2) is 9.54. The highest BCUT2D eigenvalue weighted by molar-refractivity contribution is 5.77. The number of hydrogen-bond acceptors (Lipinski definition) is 4. The van der Waals surface area contributed by atoms with Crippen LogP contribution in [0.2, 0.25) is 0 Å². The molecule has 0 bridgehead atoms. The van der Waals surface area contributed by atoms with Crippen molar-refractivity contribution in [3.63, 3.8) is 0 Å². The number of methoxy groups -OCH3 is 1. The Morgan fingerprint density at radius 2 is 1.78 bits per heavy atom. The van der Waals surface area contributed by atoms with E-state index in [9.17, 15) is 4.79 Å². The average Bonchev–Trinajstić information content (AvgIpc) is 3.14. The molecule has 3 rings (SSSR count). The topological polar surface area (TPSA) is 68.2 Å². The van der Waals surface area contributed by atoms with Crippen LogP contribution in [0.1, 0.15) is 16.7 Å². The van der Waals surface area contributed by atoms with Gasteiger partial charge in [-0.1, -0.05) is 42.5 Å². The molecule has 0 fully saturated rings. The fraction of sp³-hybridized carbons (Fsp3) is 0.238. The monoisotopic (exact) mass is 364 g/mol. The van der Waals surface area contributed by atoms with Crippen LogP contribution in [0.25, 0.3) is 0 Å². The number of hydrogen-bond donors (Lipinski definition) is 2. The maximum Gasteiger partial charge on any atom is 0.234 e. The summed E-state index contributed by atoms with van der Waals surface area (Å²) in [5.41, 5.74) is 3.29. The minimum atomic E-state index is -0.0394. The van der Waals surface area contributed by atoms with Crippen LogP contribution >= 0.6 is 0 Å². The van der Waals surface area contributed by atoms with E-state index in [0.717, 1.165) is 23.4 Å². The third-order valence-corrected chi connectivity index (χ3v) is 4.14. The summed E-state index contributed by atoms with van der Waals surface area (Å²) >= 11 is 0. The Morgan fingerprint density at radius 1 is 1.00 bits per heavy atom. The average molecular weight is 364 g/mol. The van der Waals surface area contributed by atoms with Crippen molar-refractivity contribution < 1.29 is 9.53 Å². The van der Waals surface area contributed by atoms with Gasteiger partial charge in [0.15, 0.2) is 0 Å². The predicted molar refractivity (Wildman–Crippen MR) is 104 cm³/mol. The second-order valence-corrected chi connectivity index (χ2v) is 6.26. The van der Waals surface area contributed by atoms with Crippen LogP contribution in [0, 0.1) is 0 Å². The van der Waals surface area contributed by atoms with Crippen molar-refractivity contribution in [2.24, 2.45) is 0 Å². The molecule has 0 unspecified atom stereocenters. The predicted octanol–water partition coefficient (Wildman–Crippen LogP) is 2.35. The van der Waals surface area contributed by atoms with Gasteiger partial charge in [-0.15, -0.1) is 0 Å². The summed E-state index contributed by atoms with van der Waals surface area (Å²) in [6.45, 7) is 2.10. The van der Waals surface area contributed by atoms with Crippen molar-refractivity contribution in [1.29, 1.82) is 0 Å². The van der Waals surface area contributed by atoms with Crippen LogP contribution in [-0.4, -0.2) is 29.3 Å². The lowest BCUT2D eigenvalue weighted by Gasteiger charge is -2.07. The summed E-state index contributed by atoms with van der Waals surface area (Å²) in [7, 11) is 1.63. The van der Waals surface area contributed by atoms with Gasteiger partial charge in [0.05, 0.1) is 26.4 Å². The molecule has 3 aromatic rings. The van der Waals surface area contributed by atoms with Gasteiger partial charge < -0.3 is 15.4 Å². The lowest BCUT2D eigenvalue weighted by molar-refractivity contribution is -0.120. The second-order valence-electron chi connectivity index (χ2n) is 6.26. The van der Waals surface area contributed by atoms with Gasteiger partial charge in [-0.25, -0.2) is 0 Å². The first-order valence-corrected chi connectivity index (χ1v) is 8.88. The summed E-state index contributed by atoms with van der Waals surface area (Å²) in [6.07, 6.45) is 3.82. The standard InChI is InChI=1S/C21H24N4O2/c1-27-20-9-7-17(8-10-20)12-23-21(26)14-22-11-19-13-24-25(16-19)15-18-5-3-2-4-6-18/h2-10,13,16,22H,11-12,14-15H2,1H3,(H,23,26). The highest BCUT2D eigenvalue weighted by Crippen LogP contribution is 2.10. The molecule has 2 aromatic carbocycles. The van der Waals surface area contributed by atoms with Gasteiger partial charge in [-0.3, -0.25) is 9.48 Å². The van der Waals surface area contributed by atoms with Crippen molar-refractivity contribution in [1.82, 2.24) is 20.4 Å². The molecule has 1 heterocycles. The van der Waals surface area contributed by atoms with E-state index in [-0.39, 0.29) is 12.5 Å². The van der Waals surface area contributed by atoms with E-state index < -0.39 is 0 Å². The molecule has 0 atom stereocenters. The molecule has 0 saturated heterocycles. The normalized spacial score (nSPS) is 10.6. The van der Waals surface area contributed by atoms with E-state index in [2.05, 4.69) is 27.9 Å². The molecule has 140 valence electrons. The van der Waals surface area contributed by atoms with Gasteiger partial charge in [-0.2, -0.15) is 5.10 Å². The Labute approximate surface area is 159 Å². The van der Waals surface area contributed by atoms with Gasteiger partial charge in [0, 0.05) is 24.8 Å². The zero-order valence-electron chi connectivity index (χ0n) is 15.4. The van der Waals surface area contributed by atoms with Crippen molar-refractivity contribution in [2.75, 3.05) is 13.7 Å². The van der Waals surface area contributed by atoms with E-state index in [1.54, 1.807) is 7.11 Å². The lowest BCUT2D eigenvalue weighted by Crippen LogP contribution is -2.33. The first kappa shape index (κ1) is 18.7. The Balaban J connectivity index is 1.37. The molecular weight excluding hydrogens is 340 g/mol. The number of ether oxygens (including phenoxy) is 1. The van der Waals surface area contributed by atoms with Crippen LogP contribution in [0.3, 0.4) is 0 Å². The van der Waals surface area contributed by atoms with Crippen LogP contribution < -0.4 is 15.4 Å². The molecule has 0 aliphatic heterocycles. The molecular formula is C21H24N4O2. The summed E-state index contributed by atoms with van der Waals surface area (Å²) in [6, 6.07) is 17.8. The van der Waals surface area contributed by atoms with Gasteiger partial charge >= 0.3 is 0 Å². The molecule has 0 aliphatic carbocycles. The molecule has 2 N–H and O–H groups in total. The van der Waals surface area contributed by atoms with Crippen molar-refractivity contribution in [3.8, 4) is 5.75 Å². The zero-order valence-corrected chi connectivity index (χ0v) is 15.4. The van der Waals surface area contributed by atoms with Crippen molar-refractivity contribution in [2.45, 2.75) is 19.6 Å². The zero-order chi connectivity index (χ0) is 18.9. The van der Waals surface area contributed by atoms with Crippen molar-refractivity contribution in [3.05, 3.63) is 83.7 Å². The number of benzene rings is 2. The molecule has 6 heteroatoms. The lowest BCUT2D eigenvalue weighted by atomic mass is 10.2. The third-order valence-electron chi connectivity index (χ3n) is 4.14. The maximum atomic E-state index is 12.0. The minimum Gasteiger partial charge on any atom is -0.497 e. The van der Waals surface area contributed by atoms with Gasteiger partial charge in [0.2, 0.25) is 5.91 Å². The highest BCUT2D eigenvalue weighted by atomic mass is 16.5. The van der Waals surface area contributed by atoms with Crippen LogP contribution in [-0.2, 0) is 24.4 Å². The van der Waals surface area contributed by atoms with E-state index in [1.807, 2.05) is 59.5 Å². The van der Waals surface area contributed by atoms with Gasteiger partial charge in [-0.05, 0) is 23.3 Å². The number of aromatic nitrogens is 2. The van der Waals surface area contributed by atoms with E-state index in [0.29, 0.717) is 13.1 Å². The fourth-order valence-electron chi connectivity index (χ4n) is 2.68. The summed E-state index contributed by atoms with van der Waals surface area (Å²) in [4.78, 5) is 12.0. The Kier molecular flexibility index (Phi) is 6.60. The fourth-order valence-corrected chi connectivity index (χ4v) is 2.68. The third kappa shape index (κ3) is 5.97. The molecule has 0 aliphatic rings. The number of amides is 1. The Morgan fingerprint density at radius 3 is 2.52 bits per heavy atom. The van der Waals surface area contributed by atoms with Crippen LogP contribution in [0.5, 0.6) is 5.75 Å². The first-order chi connectivity index (χ1) is 13.2. The summed E-state index contributed by atoms with van der Waals surface area (Å²) in [5.74, 6) is 0.766. The van der Waals surface area contributed by atoms with Crippen molar-refractivity contribution >= 4 is 5.91 Å². The van der Waals surface area contributed by atoms with Crippen LogP contribution in [0.4, 0.5) is 0 Å².